The highest BCUT2D eigenvalue weighted by atomic mass is 16.4. The molecule has 5 heteroatoms. The molecular weight excluding hydrogens is 282 g/mol. The van der Waals surface area contributed by atoms with Crippen molar-refractivity contribution in [3.05, 3.63) is 36.1 Å². The van der Waals surface area contributed by atoms with Crippen LogP contribution in [-0.4, -0.2) is 22.5 Å². The van der Waals surface area contributed by atoms with Gasteiger partial charge in [0.2, 0.25) is 5.91 Å². The molecule has 0 aliphatic heterocycles. The Bertz CT molecular complexity index is 658. The van der Waals surface area contributed by atoms with Gasteiger partial charge in [-0.25, -0.2) is 0 Å². The molecule has 0 aliphatic carbocycles. The zero-order chi connectivity index (χ0) is 16.3. The highest BCUT2D eigenvalue weighted by molar-refractivity contribution is 5.86. The predicted molar refractivity (Wildman–Crippen MR) is 83.7 cm³/mol. The third kappa shape index (κ3) is 3.47. The Hall–Kier alpha value is -2.30. The molecule has 0 aliphatic rings. The monoisotopic (exact) mass is 303 g/mol. The first-order valence-corrected chi connectivity index (χ1v) is 7.37. The molecule has 1 heterocycles. The van der Waals surface area contributed by atoms with Gasteiger partial charge in [-0.3, -0.25) is 9.59 Å². The second-order valence-corrected chi connectivity index (χ2v) is 5.88. The molecule has 1 amide bonds. The first kappa shape index (κ1) is 16.1. The second kappa shape index (κ2) is 6.22. The van der Waals surface area contributed by atoms with Gasteiger partial charge in [-0.2, -0.15) is 0 Å². The van der Waals surface area contributed by atoms with E-state index in [0.717, 1.165) is 11.0 Å². The predicted octanol–water partition coefficient (Wildman–Crippen LogP) is 3.30. The Morgan fingerprint density at radius 1 is 1.36 bits per heavy atom. The molecule has 118 valence electrons. The Morgan fingerprint density at radius 3 is 2.64 bits per heavy atom. The van der Waals surface area contributed by atoms with Crippen molar-refractivity contribution in [1.29, 1.82) is 0 Å². The maximum absolute atomic E-state index is 12.4. The summed E-state index contributed by atoms with van der Waals surface area (Å²) in [5, 5.41) is 12.8. The smallest absolute Gasteiger partial charge is 0.305 e. The number of benzene rings is 1. The molecule has 0 saturated heterocycles. The van der Waals surface area contributed by atoms with Crippen LogP contribution in [0.3, 0.4) is 0 Å². The summed E-state index contributed by atoms with van der Waals surface area (Å²) in [6.07, 6.45) is 0.431. The summed E-state index contributed by atoms with van der Waals surface area (Å²) < 4.78 is 5.70. The summed E-state index contributed by atoms with van der Waals surface area (Å²) in [5.74, 6) is -1.06. The molecule has 0 saturated carbocycles. The lowest BCUT2D eigenvalue weighted by Gasteiger charge is -2.29. The molecule has 0 fully saturated rings. The number of rotatable bonds is 6. The Morgan fingerprint density at radius 2 is 2.05 bits per heavy atom. The van der Waals surface area contributed by atoms with Crippen LogP contribution in [0.25, 0.3) is 11.0 Å². The molecule has 2 atom stereocenters. The average Bonchev–Trinajstić information content (AvgIpc) is 2.89. The normalized spacial score (nSPS) is 15.2. The van der Waals surface area contributed by atoms with E-state index < -0.39 is 17.4 Å². The second-order valence-electron chi connectivity index (χ2n) is 5.88. The average molecular weight is 303 g/mol. The fourth-order valence-electron chi connectivity index (χ4n) is 2.34. The number of carbonyl (C=O) groups excluding carboxylic acids is 1. The standard InChI is InChI=1S/C17H21NO4/c1-4-17(3,10-15(19)20)18-16(21)11(2)14-9-12-7-5-6-8-13(12)22-14/h5-9,11H,4,10H2,1-3H3,(H,18,21)(H,19,20)/t11-,17-/m0/s1. The van der Waals surface area contributed by atoms with Gasteiger partial charge >= 0.3 is 5.97 Å². The quantitative estimate of drug-likeness (QED) is 0.858. The summed E-state index contributed by atoms with van der Waals surface area (Å²) in [5.41, 5.74) is -0.0237. The minimum atomic E-state index is -0.930. The van der Waals surface area contributed by atoms with Crippen LogP contribution >= 0.6 is 0 Å². The first-order valence-electron chi connectivity index (χ1n) is 7.37. The fourth-order valence-corrected chi connectivity index (χ4v) is 2.34. The molecule has 2 rings (SSSR count). The van der Waals surface area contributed by atoms with Crippen LogP contribution in [0.2, 0.25) is 0 Å². The number of fused-ring (bicyclic) bond motifs is 1. The summed E-state index contributed by atoms with van der Waals surface area (Å²) in [6, 6.07) is 9.41. The van der Waals surface area contributed by atoms with E-state index in [9.17, 15) is 9.59 Å². The fraction of sp³-hybridized carbons (Fsp3) is 0.412. The van der Waals surface area contributed by atoms with Crippen molar-refractivity contribution >= 4 is 22.8 Å². The van der Waals surface area contributed by atoms with E-state index in [1.165, 1.54) is 0 Å². The van der Waals surface area contributed by atoms with E-state index in [4.69, 9.17) is 9.52 Å². The number of hydrogen-bond acceptors (Lipinski definition) is 3. The summed E-state index contributed by atoms with van der Waals surface area (Å²) >= 11 is 0. The van der Waals surface area contributed by atoms with Crippen LogP contribution in [-0.2, 0) is 9.59 Å². The summed E-state index contributed by atoms with van der Waals surface area (Å²) in [6.45, 7) is 5.35. The van der Waals surface area contributed by atoms with E-state index in [2.05, 4.69) is 5.32 Å². The maximum atomic E-state index is 12.4. The minimum Gasteiger partial charge on any atom is -0.481 e. The van der Waals surface area contributed by atoms with Gasteiger partial charge in [-0.1, -0.05) is 25.1 Å². The largest absolute Gasteiger partial charge is 0.481 e. The summed E-state index contributed by atoms with van der Waals surface area (Å²) in [4.78, 5) is 23.4. The van der Waals surface area contributed by atoms with Crippen molar-refractivity contribution in [3.63, 3.8) is 0 Å². The molecule has 0 radical (unpaired) electrons. The van der Waals surface area contributed by atoms with Crippen molar-refractivity contribution in [2.24, 2.45) is 0 Å². The van der Waals surface area contributed by atoms with Crippen LogP contribution < -0.4 is 5.32 Å². The zero-order valence-electron chi connectivity index (χ0n) is 13.1. The molecule has 0 unspecified atom stereocenters. The molecule has 22 heavy (non-hydrogen) atoms. The third-order valence-electron chi connectivity index (χ3n) is 4.01. The van der Waals surface area contributed by atoms with E-state index >= 15 is 0 Å². The van der Waals surface area contributed by atoms with Crippen LogP contribution in [0.4, 0.5) is 0 Å². The van der Waals surface area contributed by atoms with Gasteiger partial charge in [0.25, 0.3) is 0 Å². The highest BCUT2D eigenvalue weighted by Gasteiger charge is 2.30. The van der Waals surface area contributed by atoms with Crippen molar-refractivity contribution < 1.29 is 19.1 Å². The number of carboxylic acids is 1. The van der Waals surface area contributed by atoms with Gasteiger partial charge in [-0.05, 0) is 32.4 Å². The van der Waals surface area contributed by atoms with E-state index in [1.807, 2.05) is 37.3 Å². The molecule has 5 nitrogen and oxygen atoms in total. The van der Waals surface area contributed by atoms with Crippen molar-refractivity contribution in [1.82, 2.24) is 5.32 Å². The number of carboxylic acid groups (broad SMARTS) is 1. The molecule has 0 spiro atoms. The number of amides is 1. The summed E-state index contributed by atoms with van der Waals surface area (Å²) in [7, 11) is 0. The number of carbonyl (C=O) groups is 2. The van der Waals surface area contributed by atoms with Crippen LogP contribution in [0.5, 0.6) is 0 Å². The highest BCUT2D eigenvalue weighted by Crippen LogP contribution is 2.26. The number of nitrogens with one attached hydrogen (secondary N) is 1. The van der Waals surface area contributed by atoms with Gasteiger partial charge in [-0.15, -0.1) is 0 Å². The number of para-hydroxylation sites is 1. The van der Waals surface area contributed by atoms with Crippen molar-refractivity contribution in [2.45, 2.75) is 45.1 Å². The minimum absolute atomic E-state index is 0.109. The van der Waals surface area contributed by atoms with Crippen LogP contribution in [0.1, 0.15) is 45.3 Å². The molecule has 2 N–H and O–H groups in total. The van der Waals surface area contributed by atoms with E-state index in [1.54, 1.807) is 13.8 Å². The Kier molecular flexibility index (Phi) is 4.54. The van der Waals surface area contributed by atoms with Crippen LogP contribution in [0, 0.1) is 0 Å². The van der Waals surface area contributed by atoms with Gasteiger partial charge in [0.1, 0.15) is 11.3 Å². The first-order chi connectivity index (χ1) is 10.3. The number of hydrogen-bond donors (Lipinski definition) is 2. The molecular formula is C17H21NO4. The Labute approximate surface area is 129 Å². The van der Waals surface area contributed by atoms with E-state index in [-0.39, 0.29) is 12.3 Å². The zero-order valence-corrected chi connectivity index (χ0v) is 13.1. The number of furan rings is 1. The van der Waals surface area contributed by atoms with Gasteiger partial charge in [0, 0.05) is 10.9 Å². The lowest BCUT2D eigenvalue weighted by atomic mass is 9.93. The molecule has 0 bridgehead atoms. The Balaban J connectivity index is 2.15. The van der Waals surface area contributed by atoms with Crippen molar-refractivity contribution in [2.75, 3.05) is 0 Å². The molecule has 1 aromatic carbocycles. The maximum Gasteiger partial charge on any atom is 0.305 e. The van der Waals surface area contributed by atoms with Gasteiger partial charge in [0.15, 0.2) is 0 Å². The van der Waals surface area contributed by atoms with Crippen LogP contribution in [0.15, 0.2) is 34.7 Å². The van der Waals surface area contributed by atoms with Gasteiger partial charge < -0.3 is 14.8 Å². The van der Waals surface area contributed by atoms with Gasteiger partial charge in [0.05, 0.1) is 12.3 Å². The SMILES string of the molecule is CC[C@@](C)(CC(=O)O)NC(=O)[C@@H](C)c1cc2ccccc2o1. The lowest BCUT2D eigenvalue weighted by Crippen LogP contribution is -2.48. The number of aliphatic carboxylic acids is 1. The lowest BCUT2D eigenvalue weighted by molar-refractivity contribution is -0.139. The topological polar surface area (TPSA) is 79.5 Å². The third-order valence-corrected chi connectivity index (χ3v) is 4.01. The van der Waals surface area contributed by atoms with Crippen molar-refractivity contribution in [3.8, 4) is 0 Å². The van der Waals surface area contributed by atoms with E-state index in [0.29, 0.717) is 12.2 Å². The molecule has 2 aromatic rings. The molecule has 1 aromatic heterocycles.